The van der Waals surface area contributed by atoms with E-state index in [1.165, 1.54) is 12.6 Å². The molecular formula is C14H19NO3. The van der Waals surface area contributed by atoms with Crippen LogP contribution in [0.2, 0.25) is 0 Å². The number of ether oxygens (including phenoxy) is 1. The summed E-state index contributed by atoms with van der Waals surface area (Å²) in [6.07, 6.45) is 4.83. The van der Waals surface area contributed by atoms with E-state index in [1.54, 1.807) is 6.07 Å². The van der Waals surface area contributed by atoms with Crippen molar-refractivity contribution in [2.45, 2.75) is 46.1 Å². The van der Waals surface area contributed by atoms with Crippen LogP contribution in [0.4, 0.5) is 0 Å². The fourth-order valence-electron chi connectivity index (χ4n) is 3.82. The molecule has 0 spiro atoms. The number of rotatable bonds is 2. The molecule has 18 heavy (non-hydrogen) atoms. The van der Waals surface area contributed by atoms with Gasteiger partial charge in [0, 0.05) is 11.5 Å². The molecule has 1 aromatic rings. The third-order valence-electron chi connectivity index (χ3n) is 5.60. The Kier molecular flexibility index (Phi) is 2.34. The van der Waals surface area contributed by atoms with E-state index in [9.17, 15) is 4.79 Å². The number of hydrogen-bond acceptors (Lipinski definition) is 4. The number of fused-ring (bicyclic) bond motifs is 2. The molecule has 0 amide bonds. The Morgan fingerprint density at radius 2 is 2.28 bits per heavy atom. The molecule has 1 aromatic heterocycles. The van der Waals surface area contributed by atoms with Crippen LogP contribution in [0.25, 0.3) is 0 Å². The average molecular weight is 249 g/mol. The summed E-state index contributed by atoms with van der Waals surface area (Å²) in [5.41, 5.74) is 0.340. The van der Waals surface area contributed by atoms with Gasteiger partial charge in [0.2, 0.25) is 5.76 Å². The predicted molar refractivity (Wildman–Crippen MR) is 64.9 cm³/mol. The van der Waals surface area contributed by atoms with Crippen molar-refractivity contribution in [2.24, 2.45) is 16.7 Å². The molecule has 0 N–H and O–H groups in total. The second-order valence-electron chi connectivity index (χ2n) is 6.38. The van der Waals surface area contributed by atoms with E-state index in [0.29, 0.717) is 5.92 Å². The van der Waals surface area contributed by atoms with Crippen molar-refractivity contribution in [2.75, 3.05) is 0 Å². The van der Waals surface area contributed by atoms with Crippen LogP contribution >= 0.6 is 0 Å². The molecule has 0 saturated heterocycles. The van der Waals surface area contributed by atoms with E-state index >= 15 is 0 Å². The molecule has 0 aliphatic heterocycles. The summed E-state index contributed by atoms with van der Waals surface area (Å²) in [6, 6.07) is 1.54. The Bertz CT molecular complexity index is 465. The van der Waals surface area contributed by atoms with Crippen molar-refractivity contribution in [3.63, 3.8) is 0 Å². The van der Waals surface area contributed by atoms with Gasteiger partial charge in [0.15, 0.2) is 0 Å². The van der Waals surface area contributed by atoms with Crippen molar-refractivity contribution in [1.29, 1.82) is 0 Å². The van der Waals surface area contributed by atoms with Crippen LogP contribution in [0.5, 0.6) is 0 Å². The van der Waals surface area contributed by atoms with Crippen molar-refractivity contribution in [1.82, 2.24) is 5.16 Å². The standard InChI is InChI=1S/C14H19NO3/c1-13(2)9-4-6-14(13,3)11(8-9)17-12(16)10-5-7-15-18-10/h5,7,9,11H,4,6,8H2,1-3H3. The van der Waals surface area contributed by atoms with Gasteiger partial charge < -0.3 is 9.26 Å². The summed E-state index contributed by atoms with van der Waals surface area (Å²) in [6.45, 7) is 6.85. The summed E-state index contributed by atoms with van der Waals surface area (Å²) < 4.78 is 10.5. The van der Waals surface area contributed by atoms with Crippen LogP contribution in [0.1, 0.15) is 50.6 Å². The fraction of sp³-hybridized carbons (Fsp3) is 0.714. The number of hydrogen-bond donors (Lipinski definition) is 0. The zero-order valence-corrected chi connectivity index (χ0v) is 11.1. The first-order chi connectivity index (χ1) is 8.45. The molecule has 0 radical (unpaired) electrons. The second kappa shape index (κ2) is 3.59. The number of esters is 1. The lowest BCUT2D eigenvalue weighted by Crippen LogP contribution is -2.38. The summed E-state index contributed by atoms with van der Waals surface area (Å²) in [5, 5.41) is 3.54. The first-order valence-corrected chi connectivity index (χ1v) is 6.57. The Hall–Kier alpha value is -1.32. The maximum atomic E-state index is 11.9. The average Bonchev–Trinajstić information content (AvgIpc) is 2.95. The predicted octanol–water partition coefficient (Wildman–Crippen LogP) is 3.05. The normalized spacial score (nSPS) is 36.8. The van der Waals surface area contributed by atoms with Crippen LogP contribution in [0.3, 0.4) is 0 Å². The Morgan fingerprint density at radius 3 is 2.78 bits per heavy atom. The van der Waals surface area contributed by atoms with Gasteiger partial charge in [-0.1, -0.05) is 25.9 Å². The van der Waals surface area contributed by atoms with Gasteiger partial charge in [0.25, 0.3) is 0 Å². The largest absolute Gasteiger partial charge is 0.456 e. The number of carbonyl (C=O) groups excluding carboxylic acids is 1. The minimum absolute atomic E-state index is 0.00356. The van der Waals surface area contributed by atoms with E-state index in [2.05, 4.69) is 25.9 Å². The zero-order valence-electron chi connectivity index (χ0n) is 11.1. The first kappa shape index (κ1) is 11.8. The molecule has 2 saturated carbocycles. The summed E-state index contributed by atoms with van der Waals surface area (Å²) in [5.74, 6) is 0.469. The number of carbonyl (C=O) groups is 1. The van der Waals surface area contributed by atoms with E-state index < -0.39 is 0 Å². The smallest absolute Gasteiger partial charge is 0.377 e. The molecule has 2 aliphatic carbocycles. The van der Waals surface area contributed by atoms with Gasteiger partial charge in [0.1, 0.15) is 6.10 Å². The maximum absolute atomic E-state index is 11.9. The van der Waals surface area contributed by atoms with Gasteiger partial charge in [-0.2, -0.15) is 0 Å². The van der Waals surface area contributed by atoms with Crippen molar-refractivity contribution < 1.29 is 14.1 Å². The molecule has 2 fully saturated rings. The highest BCUT2D eigenvalue weighted by Crippen LogP contribution is 2.66. The first-order valence-electron chi connectivity index (χ1n) is 6.57. The summed E-state index contributed by atoms with van der Waals surface area (Å²) in [4.78, 5) is 11.9. The summed E-state index contributed by atoms with van der Waals surface area (Å²) >= 11 is 0. The lowest BCUT2D eigenvalue weighted by atomic mass is 9.70. The molecule has 1 heterocycles. The number of aromatic nitrogens is 1. The molecule has 3 rings (SSSR count). The van der Waals surface area contributed by atoms with E-state index in [0.717, 1.165) is 12.8 Å². The molecule has 0 aromatic carbocycles. The summed E-state index contributed by atoms with van der Waals surface area (Å²) in [7, 11) is 0. The lowest BCUT2D eigenvalue weighted by Gasteiger charge is -2.38. The topological polar surface area (TPSA) is 52.3 Å². The number of nitrogens with zero attached hydrogens (tertiary/aromatic N) is 1. The van der Waals surface area contributed by atoms with E-state index in [4.69, 9.17) is 9.26 Å². The highest BCUT2D eigenvalue weighted by Gasteiger charge is 2.62. The molecule has 3 unspecified atom stereocenters. The SMILES string of the molecule is CC1(C)C2CCC1(C)C(OC(=O)c1ccno1)C2. The minimum atomic E-state index is -0.387. The van der Waals surface area contributed by atoms with Crippen LogP contribution < -0.4 is 0 Å². The third kappa shape index (κ3) is 1.38. The monoisotopic (exact) mass is 249 g/mol. The molecule has 3 atom stereocenters. The Balaban J connectivity index is 1.78. The molecule has 98 valence electrons. The van der Waals surface area contributed by atoms with Gasteiger partial charge in [-0.3, -0.25) is 0 Å². The maximum Gasteiger partial charge on any atom is 0.377 e. The molecular weight excluding hydrogens is 230 g/mol. The van der Waals surface area contributed by atoms with Crippen molar-refractivity contribution in [3.8, 4) is 0 Å². The van der Waals surface area contributed by atoms with Gasteiger partial charge >= 0.3 is 5.97 Å². The van der Waals surface area contributed by atoms with Gasteiger partial charge in [-0.25, -0.2) is 4.79 Å². The van der Waals surface area contributed by atoms with Crippen molar-refractivity contribution >= 4 is 5.97 Å². The van der Waals surface area contributed by atoms with Crippen LogP contribution in [-0.4, -0.2) is 17.2 Å². The lowest BCUT2D eigenvalue weighted by molar-refractivity contribution is -0.0270. The van der Waals surface area contributed by atoms with Gasteiger partial charge in [-0.05, 0) is 30.6 Å². The molecule has 4 nitrogen and oxygen atoms in total. The van der Waals surface area contributed by atoms with Crippen molar-refractivity contribution in [3.05, 3.63) is 18.0 Å². The van der Waals surface area contributed by atoms with Crippen LogP contribution in [-0.2, 0) is 4.74 Å². The van der Waals surface area contributed by atoms with Crippen LogP contribution in [0.15, 0.2) is 16.8 Å². The Morgan fingerprint density at radius 1 is 1.50 bits per heavy atom. The minimum Gasteiger partial charge on any atom is -0.456 e. The van der Waals surface area contributed by atoms with Crippen LogP contribution in [0, 0.1) is 16.7 Å². The molecule has 2 bridgehead atoms. The second-order valence-corrected chi connectivity index (χ2v) is 6.38. The van der Waals surface area contributed by atoms with Gasteiger partial charge in [0.05, 0.1) is 6.20 Å². The zero-order chi connectivity index (χ0) is 13.0. The van der Waals surface area contributed by atoms with Gasteiger partial charge in [-0.15, -0.1) is 0 Å². The third-order valence-corrected chi connectivity index (χ3v) is 5.60. The highest BCUT2D eigenvalue weighted by atomic mass is 16.6. The fourth-order valence-corrected chi connectivity index (χ4v) is 3.82. The highest BCUT2D eigenvalue weighted by molar-refractivity contribution is 5.86. The van der Waals surface area contributed by atoms with E-state index in [-0.39, 0.29) is 28.7 Å². The molecule has 2 aliphatic rings. The molecule has 4 heteroatoms. The van der Waals surface area contributed by atoms with E-state index in [1.807, 2.05) is 0 Å². The Labute approximate surface area is 107 Å². The quantitative estimate of drug-likeness (QED) is 0.756.